The second-order valence-corrected chi connectivity index (χ2v) is 4.72. The van der Waals surface area contributed by atoms with Crippen molar-refractivity contribution in [2.75, 3.05) is 13.1 Å². The van der Waals surface area contributed by atoms with Gasteiger partial charge in [-0.15, -0.1) is 0 Å². The van der Waals surface area contributed by atoms with Crippen LogP contribution in [0.3, 0.4) is 0 Å². The maximum atomic E-state index is 11.8. The highest BCUT2D eigenvalue weighted by molar-refractivity contribution is 5.79. The fourth-order valence-electron chi connectivity index (χ4n) is 2.49. The normalized spacial score (nSPS) is 36.5. The number of aliphatic hydroxyl groups excluding tert-OH is 1. The minimum absolute atomic E-state index is 0.143. The first kappa shape index (κ1) is 10.9. The van der Waals surface area contributed by atoms with Crippen molar-refractivity contribution in [3.05, 3.63) is 0 Å². The van der Waals surface area contributed by atoms with E-state index in [9.17, 15) is 9.90 Å². The number of hydrogen-bond acceptors (Lipinski definition) is 3. The largest absolute Gasteiger partial charge is 0.393 e. The Kier molecular flexibility index (Phi) is 3.59. The van der Waals surface area contributed by atoms with Gasteiger partial charge in [0.15, 0.2) is 0 Å². The molecule has 2 fully saturated rings. The van der Waals surface area contributed by atoms with Gasteiger partial charge in [0.1, 0.15) is 0 Å². The van der Waals surface area contributed by atoms with Gasteiger partial charge in [-0.1, -0.05) is 0 Å². The number of nitrogens with one attached hydrogen (secondary N) is 2. The molecule has 2 rings (SSSR count). The highest BCUT2D eigenvalue weighted by atomic mass is 16.3. The zero-order chi connectivity index (χ0) is 10.7. The first-order valence-corrected chi connectivity index (χ1v) is 5.95. The third kappa shape index (κ3) is 2.92. The van der Waals surface area contributed by atoms with Crippen molar-refractivity contribution in [1.29, 1.82) is 0 Å². The Balaban J connectivity index is 1.77. The molecule has 0 spiro atoms. The molecule has 1 saturated carbocycles. The molecule has 2 aliphatic rings. The Morgan fingerprint density at radius 3 is 2.87 bits per heavy atom. The summed E-state index contributed by atoms with van der Waals surface area (Å²) in [5, 5.41) is 15.7. The summed E-state index contributed by atoms with van der Waals surface area (Å²) in [4.78, 5) is 11.8. The molecule has 15 heavy (non-hydrogen) atoms. The van der Waals surface area contributed by atoms with Crippen LogP contribution in [0.25, 0.3) is 0 Å². The van der Waals surface area contributed by atoms with Crippen molar-refractivity contribution in [2.45, 2.75) is 44.2 Å². The summed E-state index contributed by atoms with van der Waals surface area (Å²) in [6.07, 6.45) is 4.38. The molecule has 1 saturated heterocycles. The summed E-state index contributed by atoms with van der Waals surface area (Å²) in [7, 11) is 0. The van der Waals surface area contributed by atoms with Crippen LogP contribution in [0.1, 0.15) is 32.1 Å². The second-order valence-electron chi connectivity index (χ2n) is 4.72. The molecular weight excluding hydrogens is 192 g/mol. The third-order valence-electron chi connectivity index (χ3n) is 3.42. The summed E-state index contributed by atoms with van der Waals surface area (Å²) in [5.41, 5.74) is 0. The molecule has 4 nitrogen and oxygen atoms in total. The summed E-state index contributed by atoms with van der Waals surface area (Å²) < 4.78 is 0. The van der Waals surface area contributed by atoms with Crippen LogP contribution in [0.15, 0.2) is 0 Å². The maximum Gasteiger partial charge on any atom is 0.224 e. The molecule has 0 aromatic carbocycles. The van der Waals surface area contributed by atoms with Gasteiger partial charge >= 0.3 is 0 Å². The smallest absolute Gasteiger partial charge is 0.224 e. The first-order valence-electron chi connectivity index (χ1n) is 5.95. The van der Waals surface area contributed by atoms with Gasteiger partial charge in [-0.2, -0.15) is 0 Å². The Hall–Kier alpha value is -0.610. The molecule has 0 radical (unpaired) electrons. The maximum absolute atomic E-state index is 11.8. The van der Waals surface area contributed by atoms with Crippen LogP contribution >= 0.6 is 0 Å². The van der Waals surface area contributed by atoms with Crippen LogP contribution in [0.5, 0.6) is 0 Å². The molecule has 3 unspecified atom stereocenters. The standard InChI is InChI=1S/C11H20N2O2/c14-10-3-1-2-9(6-10)13-11(15)8-4-5-12-7-8/h8-10,12,14H,1-7H2,(H,13,15). The minimum Gasteiger partial charge on any atom is -0.393 e. The molecule has 4 heteroatoms. The quantitative estimate of drug-likeness (QED) is 0.604. The van der Waals surface area contributed by atoms with Gasteiger partial charge in [0.25, 0.3) is 0 Å². The number of rotatable bonds is 2. The molecule has 0 aromatic rings. The van der Waals surface area contributed by atoms with Gasteiger partial charge in [-0.3, -0.25) is 4.79 Å². The van der Waals surface area contributed by atoms with Crippen LogP contribution in [0.2, 0.25) is 0 Å². The summed E-state index contributed by atoms with van der Waals surface area (Å²) >= 11 is 0. The van der Waals surface area contributed by atoms with Crippen LogP contribution in [0.4, 0.5) is 0 Å². The Bertz CT molecular complexity index is 227. The van der Waals surface area contributed by atoms with Crippen molar-refractivity contribution >= 4 is 5.91 Å². The van der Waals surface area contributed by atoms with Gasteiger partial charge in [-0.05, 0) is 38.6 Å². The predicted octanol–water partition coefficient (Wildman–Crippen LogP) is 0.0156. The van der Waals surface area contributed by atoms with E-state index in [-0.39, 0.29) is 24.0 Å². The lowest BCUT2D eigenvalue weighted by atomic mass is 9.92. The number of hydrogen-bond donors (Lipinski definition) is 3. The van der Waals surface area contributed by atoms with Crippen LogP contribution in [-0.2, 0) is 4.79 Å². The third-order valence-corrected chi connectivity index (χ3v) is 3.42. The van der Waals surface area contributed by atoms with E-state index in [0.717, 1.165) is 45.2 Å². The molecular formula is C11H20N2O2. The van der Waals surface area contributed by atoms with E-state index < -0.39 is 0 Å². The minimum atomic E-state index is -0.217. The first-order chi connectivity index (χ1) is 7.25. The SMILES string of the molecule is O=C(NC1CCCC(O)C1)C1CCNC1. The lowest BCUT2D eigenvalue weighted by Crippen LogP contribution is -2.43. The molecule has 0 bridgehead atoms. The van der Waals surface area contributed by atoms with Crippen LogP contribution < -0.4 is 10.6 Å². The van der Waals surface area contributed by atoms with E-state index in [0.29, 0.717) is 0 Å². The van der Waals surface area contributed by atoms with Gasteiger partial charge in [0.05, 0.1) is 12.0 Å². The van der Waals surface area contributed by atoms with E-state index in [1.807, 2.05) is 0 Å². The number of aliphatic hydroxyl groups is 1. The summed E-state index contributed by atoms with van der Waals surface area (Å²) in [5.74, 6) is 0.308. The van der Waals surface area contributed by atoms with Crippen molar-refractivity contribution < 1.29 is 9.90 Å². The molecule has 1 aliphatic heterocycles. The fourth-order valence-corrected chi connectivity index (χ4v) is 2.49. The summed E-state index contributed by atoms with van der Waals surface area (Å²) in [6, 6.07) is 0.196. The molecule has 1 amide bonds. The highest BCUT2D eigenvalue weighted by Crippen LogP contribution is 2.19. The average Bonchev–Trinajstić information content (AvgIpc) is 2.70. The lowest BCUT2D eigenvalue weighted by Gasteiger charge is -2.27. The van der Waals surface area contributed by atoms with E-state index in [4.69, 9.17) is 0 Å². The van der Waals surface area contributed by atoms with Crippen molar-refractivity contribution in [3.63, 3.8) is 0 Å². The van der Waals surface area contributed by atoms with Gasteiger partial charge in [0, 0.05) is 12.6 Å². The second kappa shape index (κ2) is 4.94. The van der Waals surface area contributed by atoms with Crippen molar-refractivity contribution in [3.8, 4) is 0 Å². The van der Waals surface area contributed by atoms with E-state index in [1.54, 1.807) is 0 Å². The summed E-state index contributed by atoms with van der Waals surface area (Å²) in [6.45, 7) is 1.76. The highest BCUT2D eigenvalue weighted by Gasteiger charge is 2.26. The van der Waals surface area contributed by atoms with E-state index >= 15 is 0 Å². The predicted molar refractivity (Wildman–Crippen MR) is 57.4 cm³/mol. The van der Waals surface area contributed by atoms with Crippen molar-refractivity contribution in [2.24, 2.45) is 5.92 Å². The van der Waals surface area contributed by atoms with Gasteiger partial charge < -0.3 is 15.7 Å². The number of amides is 1. The zero-order valence-electron chi connectivity index (χ0n) is 9.04. The van der Waals surface area contributed by atoms with Gasteiger partial charge in [-0.25, -0.2) is 0 Å². The fraction of sp³-hybridized carbons (Fsp3) is 0.909. The lowest BCUT2D eigenvalue weighted by molar-refractivity contribution is -0.125. The molecule has 3 atom stereocenters. The molecule has 1 aliphatic carbocycles. The Morgan fingerprint density at radius 2 is 2.20 bits per heavy atom. The van der Waals surface area contributed by atoms with Crippen molar-refractivity contribution in [1.82, 2.24) is 10.6 Å². The molecule has 1 heterocycles. The van der Waals surface area contributed by atoms with Crippen LogP contribution in [0, 0.1) is 5.92 Å². The zero-order valence-corrected chi connectivity index (χ0v) is 9.04. The monoisotopic (exact) mass is 212 g/mol. The molecule has 0 aromatic heterocycles. The van der Waals surface area contributed by atoms with E-state index in [1.165, 1.54) is 0 Å². The average molecular weight is 212 g/mol. The Labute approximate surface area is 90.4 Å². The van der Waals surface area contributed by atoms with Gasteiger partial charge in [0.2, 0.25) is 5.91 Å². The number of carbonyl (C=O) groups is 1. The molecule has 86 valence electrons. The Morgan fingerprint density at radius 1 is 1.33 bits per heavy atom. The topological polar surface area (TPSA) is 61.4 Å². The van der Waals surface area contributed by atoms with Crippen LogP contribution in [-0.4, -0.2) is 36.2 Å². The number of carbonyl (C=O) groups excluding carboxylic acids is 1. The van der Waals surface area contributed by atoms with E-state index in [2.05, 4.69) is 10.6 Å². The molecule has 3 N–H and O–H groups in total.